The van der Waals surface area contributed by atoms with Crippen LogP contribution >= 0.6 is 0 Å². The number of fused-ring (bicyclic) bond motifs is 3. The Morgan fingerprint density at radius 2 is 0.590 bits per heavy atom. The molecule has 0 aliphatic carbocycles. The van der Waals surface area contributed by atoms with E-state index in [0.29, 0.717) is 37.1 Å². The van der Waals surface area contributed by atoms with Crippen molar-refractivity contribution in [3.05, 3.63) is 162 Å². The number of anilines is 9. The minimum atomic E-state index is -0.552. The third kappa shape index (κ3) is 9.78. The van der Waals surface area contributed by atoms with Gasteiger partial charge in [0.25, 0.3) is 0 Å². The first kappa shape index (κ1) is 44.9. The molecule has 3 aliphatic rings. The molecule has 3 heterocycles. The topological polar surface area (TPSA) is 19.4 Å². The third-order valence-corrected chi connectivity index (χ3v) is 10.6. The summed E-state index contributed by atoms with van der Waals surface area (Å²) in [6.45, 7) is 10.9. The maximum absolute atomic E-state index is 14.0. The van der Waals surface area contributed by atoms with Crippen LogP contribution in [0.2, 0.25) is 0 Å². The van der Waals surface area contributed by atoms with Crippen molar-refractivity contribution in [1.29, 1.82) is 0 Å². The van der Waals surface area contributed by atoms with Gasteiger partial charge in [-0.1, -0.05) is 57.2 Å². The fourth-order valence-corrected chi connectivity index (χ4v) is 7.95. The van der Waals surface area contributed by atoms with Crippen molar-refractivity contribution >= 4 is 51.2 Å². The van der Waals surface area contributed by atoms with Gasteiger partial charge in [-0.05, 0) is 92.1 Å². The van der Waals surface area contributed by atoms with E-state index in [-0.39, 0.29) is 19.5 Å². The monoisotopic (exact) mass is 924 g/mol. The summed E-state index contributed by atoms with van der Waals surface area (Å²) in [4.78, 5) is 12.3. The predicted molar refractivity (Wildman–Crippen MR) is 232 cm³/mol. The zero-order valence-corrected chi connectivity index (χ0v) is 36.0. The van der Waals surface area contributed by atoms with Crippen molar-refractivity contribution in [3.8, 4) is 0 Å². The molecule has 0 fully saturated rings. The molecule has 320 valence electrons. The van der Waals surface area contributed by atoms with Crippen molar-refractivity contribution in [1.82, 2.24) is 0 Å². The van der Waals surface area contributed by atoms with Gasteiger partial charge in [-0.3, -0.25) is 0 Å². The molecule has 0 bridgehead atoms. The quantitative estimate of drug-likeness (QED) is 0.106. The summed E-state index contributed by atoms with van der Waals surface area (Å²) >= 11 is 0. The van der Waals surface area contributed by atoms with Crippen LogP contribution in [0.4, 0.5) is 77.5 Å². The summed E-state index contributed by atoms with van der Waals surface area (Å²) in [6.07, 6.45) is 3.07. The molecule has 3 aliphatic heterocycles. The van der Waals surface area contributed by atoms with Crippen LogP contribution in [0.3, 0.4) is 0 Å². The minimum Gasteiger partial charge on any atom is -0.352 e. The molecule has 13 heteroatoms. The zero-order valence-electron chi connectivity index (χ0n) is 34.3. The van der Waals surface area contributed by atoms with Crippen molar-refractivity contribution in [2.45, 2.75) is 40.0 Å². The molecule has 61 heavy (non-hydrogen) atoms. The van der Waals surface area contributed by atoms with Gasteiger partial charge in [0.05, 0.1) is 71.2 Å². The number of benzene rings is 6. The maximum Gasteiger partial charge on any atom is 0.149 e. The molecule has 6 nitrogen and oxygen atoms in total. The number of halogens is 6. The van der Waals surface area contributed by atoms with Crippen LogP contribution in [0, 0.1) is 34.9 Å². The predicted octanol–water partition coefficient (Wildman–Crippen LogP) is 12.9. The molecule has 6 aromatic rings. The summed E-state index contributed by atoms with van der Waals surface area (Å²) in [5, 5.41) is 0. The first-order chi connectivity index (χ1) is 29.1. The Morgan fingerprint density at radius 3 is 0.820 bits per heavy atom. The second kappa shape index (κ2) is 20.3. The van der Waals surface area contributed by atoms with Crippen molar-refractivity contribution in [2.24, 2.45) is 0 Å². The first-order valence-corrected chi connectivity index (χ1v) is 20.3. The van der Waals surface area contributed by atoms with Crippen LogP contribution in [-0.2, 0) is 19.5 Å². The van der Waals surface area contributed by atoms with Gasteiger partial charge in [0, 0.05) is 57.3 Å². The molecule has 0 N–H and O–H groups in total. The standard InChI is InChI=1S/3C16H16F2N2.Ru/c3*1-2-9-19-11-20(16-6-4-3-5-15(16)19)14-8-7-12(17)10-13(14)18;/h3*3-8,10H,2,9,11H2,1H3;. The Bertz CT molecular complexity index is 2150. The molecule has 6 aromatic carbocycles. The summed E-state index contributed by atoms with van der Waals surface area (Å²) in [5.74, 6) is -3.24. The van der Waals surface area contributed by atoms with Gasteiger partial charge in [-0.2, -0.15) is 0 Å². The molecule has 0 spiro atoms. The van der Waals surface area contributed by atoms with Crippen LogP contribution in [-0.4, -0.2) is 39.6 Å². The molecule has 0 saturated carbocycles. The molecule has 0 unspecified atom stereocenters. The van der Waals surface area contributed by atoms with Crippen molar-refractivity contribution in [2.75, 3.05) is 69.0 Å². The SMILES string of the molecule is CCCN1CN(c2ccc(F)cc2F)c2ccccc21.CCCN1CN(c2ccc(F)cc2F)c2ccccc21.CCCN1CN(c2ccc(F)cc2F)c2ccccc21.[Ru]. The minimum absolute atomic E-state index is 0. The average Bonchev–Trinajstić information content (AvgIpc) is 3.91. The number of nitrogens with zero attached hydrogens (tertiary/aromatic N) is 6. The number of hydrogen-bond donors (Lipinski definition) is 0. The fraction of sp³-hybridized carbons (Fsp3) is 0.250. The second-order valence-electron chi connectivity index (χ2n) is 14.8. The summed E-state index contributed by atoms with van der Waals surface area (Å²) in [5.41, 5.74) is 7.42. The van der Waals surface area contributed by atoms with E-state index in [1.807, 2.05) is 87.5 Å². The Kier molecular flexibility index (Phi) is 14.9. The fourth-order valence-electron chi connectivity index (χ4n) is 7.95. The van der Waals surface area contributed by atoms with E-state index in [9.17, 15) is 26.3 Å². The molecule has 0 saturated heterocycles. The van der Waals surface area contributed by atoms with E-state index in [0.717, 1.165) is 91.2 Å². The van der Waals surface area contributed by atoms with Crippen LogP contribution < -0.4 is 29.4 Å². The van der Waals surface area contributed by atoms with E-state index < -0.39 is 34.9 Å². The smallest absolute Gasteiger partial charge is 0.149 e. The van der Waals surface area contributed by atoms with Crippen LogP contribution in [0.25, 0.3) is 0 Å². The molecular formula is C48H48F6N6Ru. The van der Waals surface area contributed by atoms with E-state index in [2.05, 4.69) is 35.5 Å². The van der Waals surface area contributed by atoms with E-state index in [1.54, 1.807) is 0 Å². The van der Waals surface area contributed by atoms with Crippen LogP contribution in [0.5, 0.6) is 0 Å². The van der Waals surface area contributed by atoms with E-state index >= 15 is 0 Å². The van der Waals surface area contributed by atoms with Gasteiger partial charge < -0.3 is 29.4 Å². The van der Waals surface area contributed by atoms with Gasteiger partial charge in [-0.15, -0.1) is 0 Å². The summed E-state index contributed by atoms with van der Waals surface area (Å²) in [6, 6.07) is 34.9. The molecule has 0 radical (unpaired) electrons. The maximum atomic E-state index is 14.0. The van der Waals surface area contributed by atoms with Gasteiger partial charge in [0.15, 0.2) is 0 Å². The third-order valence-electron chi connectivity index (χ3n) is 10.6. The number of hydrogen-bond acceptors (Lipinski definition) is 6. The van der Waals surface area contributed by atoms with Crippen LogP contribution in [0.15, 0.2) is 127 Å². The number of rotatable bonds is 9. The van der Waals surface area contributed by atoms with Gasteiger partial charge in [0.2, 0.25) is 0 Å². The summed E-state index contributed by atoms with van der Waals surface area (Å²) in [7, 11) is 0. The average molecular weight is 924 g/mol. The largest absolute Gasteiger partial charge is 0.352 e. The van der Waals surface area contributed by atoms with Crippen molar-refractivity contribution in [3.63, 3.8) is 0 Å². The Hall–Kier alpha value is -5.68. The second-order valence-corrected chi connectivity index (χ2v) is 14.8. The van der Waals surface area contributed by atoms with E-state index in [4.69, 9.17) is 0 Å². The van der Waals surface area contributed by atoms with Crippen molar-refractivity contribution < 1.29 is 45.8 Å². The molecular weight excluding hydrogens is 876 g/mol. The Morgan fingerprint density at radius 1 is 0.344 bits per heavy atom. The Balaban J connectivity index is 0.000000152. The molecule has 0 amide bonds. The normalized spacial score (nSPS) is 13.5. The molecule has 0 atom stereocenters. The van der Waals surface area contributed by atoms with E-state index in [1.165, 1.54) is 36.4 Å². The van der Waals surface area contributed by atoms with Gasteiger partial charge in [-0.25, -0.2) is 26.3 Å². The zero-order chi connectivity index (χ0) is 42.3. The van der Waals surface area contributed by atoms with Gasteiger partial charge >= 0.3 is 0 Å². The first-order valence-electron chi connectivity index (χ1n) is 20.3. The van der Waals surface area contributed by atoms with Crippen LogP contribution in [0.1, 0.15) is 40.0 Å². The molecule has 0 aromatic heterocycles. The number of para-hydroxylation sites is 6. The summed E-state index contributed by atoms with van der Waals surface area (Å²) < 4.78 is 81.2. The van der Waals surface area contributed by atoms with Gasteiger partial charge in [0.1, 0.15) is 34.9 Å². The molecule has 9 rings (SSSR count). The Labute approximate surface area is 367 Å².